The molecule has 0 N–H and O–H groups in total. The predicted octanol–water partition coefficient (Wildman–Crippen LogP) is 3.63. The van der Waals surface area contributed by atoms with Crippen LogP contribution in [0, 0.1) is 0 Å². The Morgan fingerprint density at radius 3 is 2.20 bits per heavy atom. The van der Waals surface area contributed by atoms with Crippen molar-refractivity contribution < 1.29 is 0 Å². The standard InChI is InChI=1S/C11H14Cl2SiTe/c1-14(2,3)11-8-9-6-4-5-7-10(9)15(11,12)13/h4-8H,1-3H3. The first kappa shape index (κ1) is 12.0. The van der Waals surface area contributed by atoms with E-state index < -0.39 is 24.0 Å². The van der Waals surface area contributed by atoms with Crippen molar-refractivity contribution in [1.82, 2.24) is 0 Å². The summed E-state index contributed by atoms with van der Waals surface area (Å²) in [5.74, 6) is 0. The van der Waals surface area contributed by atoms with Gasteiger partial charge in [0.25, 0.3) is 0 Å². The molecule has 0 unspecified atom stereocenters. The fourth-order valence-electron chi connectivity index (χ4n) is 1.77. The number of halogens is 2. The van der Waals surface area contributed by atoms with E-state index in [4.69, 9.17) is 17.9 Å². The van der Waals surface area contributed by atoms with Gasteiger partial charge in [0.15, 0.2) is 0 Å². The van der Waals surface area contributed by atoms with Gasteiger partial charge in [-0.25, -0.2) is 0 Å². The van der Waals surface area contributed by atoms with E-state index in [1.807, 2.05) is 6.07 Å². The van der Waals surface area contributed by atoms with Crippen LogP contribution in [-0.4, -0.2) is 24.0 Å². The minimum absolute atomic E-state index is 1.22. The van der Waals surface area contributed by atoms with Crippen LogP contribution >= 0.6 is 17.9 Å². The molecule has 1 aliphatic heterocycles. The van der Waals surface area contributed by atoms with Crippen molar-refractivity contribution >= 4 is 51.6 Å². The van der Waals surface area contributed by atoms with Crippen LogP contribution in [0.3, 0.4) is 0 Å². The Hall–Kier alpha value is 0.546. The molecule has 1 aliphatic rings. The molecular weight excluding hydrogens is 359 g/mol. The van der Waals surface area contributed by atoms with Crippen LogP contribution in [0.25, 0.3) is 6.08 Å². The zero-order valence-corrected chi connectivity index (χ0v) is 13.9. The molecule has 0 radical (unpaired) electrons. The predicted molar refractivity (Wildman–Crippen MR) is 74.9 cm³/mol. The van der Waals surface area contributed by atoms with Gasteiger partial charge in [0.2, 0.25) is 0 Å². The van der Waals surface area contributed by atoms with E-state index in [0.717, 1.165) is 0 Å². The molecule has 15 heavy (non-hydrogen) atoms. The summed E-state index contributed by atoms with van der Waals surface area (Å²) in [6.45, 7) is 6.95. The molecule has 0 aliphatic carbocycles. The molecule has 0 bridgehead atoms. The average Bonchev–Trinajstić information content (AvgIpc) is 2.39. The third-order valence-electron chi connectivity index (χ3n) is 2.50. The molecule has 0 spiro atoms. The second-order valence-corrected chi connectivity index (χ2v) is 23.4. The number of benzene rings is 1. The summed E-state index contributed by atoms with van der Waals surface area (Å²) in [7, 11) is 12.0. The summed E-state index contributed by atoms with van der Waals surface area (Å²) >= 11 is -2.93. The Morgan fingerprint density at radius 2 is 1.67 bits per heavy atom. The van der Waals surface area contributed by atoms with Gasteiger partial charge in [0, 0.05) is 0 Å². The Bertz CT molecular complexity index is 432. The van der Waals surface area contributed by atoms with Gasteiger partial charge in [0.05, 0.1) is 0 Å². The second-order valence-electron chi connectivity index (χ2n) is 4.77. The summed E-state index contributed by atoms with van der Waals surface area (Å²) in [5, 5.41) is 0. The van der Waals surface area contributed by atoms with Crippen LogP contribution in [0.1, 0.15) is 5.56 Å². The fraction of sp³-hybridized carbons (Fsp3) is 0.273. The zero-order chi connectivity index (χ0) is 11.3. The van der Waals surface area contributed by atoms with E-state index in [2.05, 4.69) is 43.9 Å². The van der Waals surface area contributed by atoms with E-state index in [1.54, 1.807) is 0 Å². The van der Waals surface area contributed by atoms with Crippen molar-refractivity contribution in [2.24, 2.45) is 0 Å². The van der Waals surface area contributed by atoms with Crippen molar-refractivity contribution in [3.63, 3.8) is 0 Å². The average molecular weight is 373 g/mol. The van der Waals surface area contributed by atoms with E-state index in [1.165, 1.54) is 12.4 Å². The van der Waals surface area contributed by atoms with Gasteiger partial charge in [0.1, 0.15) is 0 Å². The first-order valence-corrected chi connectivity index (χ1v) is 16.6. The number of fused-ring (bicyclic) bond motifs is 1. The van der Waals surface area contributed by atoms with Crippen LogP contribution in [-0.2, 0) is 0 Å². The quantitative estimate of drug-likeness (QED) is 0.660. The third-order valence-corrected chi connectivity index (χ3v) is 22.2. The van der Waals surface area contributed by atoms with Gasteiger partial charge in [-0.3, -0.25) is 0 Å². The van der Waals surface area contributed by atoms with Crippen LogP contribution in [0.15, 0.2) is 27.5 Å². The third kappa shape index (κ3) is 2.03. The molecule has 1 aromatic rings. The molecule has 2 rings (SSSR count). The molecule has 0 nitrogen and oxygen atoms in total. The second kappa shape index (κ2) is 3.79. The molecule has 0 fully saturated rings. The van der Waals surface area contributed by atoms with Crippen molar-refractivity contribution in [2.45, 2.75) is 19.6 Å². The molecule has 0 saturated carbocycles. The monoisotopic (exact) mass is 374 g/mol. The minimum atomic E-state index is -2.93. The summed E-state index contributed by atoms with van der Waals surface area (Å²) < 4.78 is 2.62. The van der Waals surface area contributed by atoms with Gasteiger partial charge in [-0.15, -0.1) is 0 Å². The van der Waals surface area contributed by atoms with Gasteiger partial charge < -0.3 is 0 Å². The number of hydrogen-bond acceptors (Lipinski definition) is 0. The zero-order valence-electron chi connectivity index (χ0n) is 9.05. The summed E-state index contributed by atoms with van der Waals surface area (Å²) in [4.78, 5) is 0. The van der Waals surface area contributed by atoms with Gasteiger partial charge in [-0.1, -0.05) is 0 Å². The SMILES string of the molecule is C[Si](C)(C)C1=Cc2ccccc2[Te]1(Cl)Cl. The summed E-state index contributed by atoms with van der Waals surface area (Å²) in [5.41, 5.74) is 1.25. The van der Waals surface area contributed by atoms with E-state index in [-0.39, 0.29) is 0 Å². The maximum atomic E-state index is 6.67. The fourth-order valence-corrected chi connectivity index (χ4v) is 25.6. The normalized spacial score (nSPS) is 20.7. The molecular formula is C11H14Cl2SiTe. The van der Waals surface area contributed by atoms with E-state index in [9.17, 15) is 0 Å². The molecule has 0 atom stereocenters. The van der Waals surface area contributed by atoms with E-state index in [0.29, 0.717) is 0 Å². The summed E-state index contributed by atoms with van der Waals surface area (Å²) in [6.07, 6.45) is 2.25. The molecule has 0 aromatic heterocycles. The number of hydrogen-bond donors (Lipinski definition) is 0. The maximum absolute atomic E-state index is 6.67. The molecule has 0 saturated heterocycles. The Morgan fingerprint density at radius 1 is 1.07 bits per heavy atom. The van der Waals surface area contributed by atoms with Gasteiger partial charge >= 0.3 is 104 Å². The first-order chi connectivity index (χ1) is 6.83. The van der Waals surface area contributed by atoms with Crippen LogP contribution in [0.5, 0.6) is 0 Å². The van der Waals surface area contributed by atoms with Crippen molar-refractivity contribution in [3.8, 4) is 0 Å². The Balaban J connectivity index is 2.59. The molecule has 82 valence electrons. The molecule has 4 heteroatoms. The first-order valence-electron chi connectivity index (χ1n) is 4.87. The van der Waals surface area contributed by atoms with Crippen LogP contribution < -0.4 is 3.61 Å². The Kier molecular flexibility index (Phi) is 3.03. The van der Waals surface area contributed by atoms with Crippen LogP contribution in [0.4, 0.5) is 0 Å². The van der Waals surface area contributed by atoms with Gasteiger partial charge in [-0.05, 0) is 0 Å². The van der Waals surface area contributed by atoms with Crippen molar-refractivity contribution in [1.29, 1.82) is 0 Å². The summed E-state index contributed by atoms with van der Waals surface area (Å²) in [6, 6.07) is 8.30. The molecule has 1 heterocycles. The molecule has 0 amide bonds. The topological polar surface area (TPSA) is 0 Å². The molecule has 1 aromatic carbocycles. The Labute approximate surface area is 104 Å². The van der Waals surface area contributed by atoms with Crippen LogP contribution in [0.2, 0.25) is 19.6 Å². The van der Waals surface area contributed by atoms with Crippen molar-refractivity contribution in [2.75, 3.05) is 0 Å². The van der Waals surface area contributed by atoms with Crippen molar-refractivity contribution in [3.05, 3.63) is 33.1 Å². The van der Waals surface area contributed by atoms with Gasteiger partial charge in [-0.2, -0.15) is 0 Å². The van der Waals surface area contributed by atoms with E-state index >= 15 is 0 Å². The number of rotatable bonds is 1.